The van der Waals surface area contributed by atoms with E-state index in [2.05, 4.69) is 0 Å². The lowest BCUT2D eigenvalue weighted by Gasteiger charge is -2.13. The van der Waals surface area contributed by atoms with Gasteiger partial charge in [-0.25, -0.2) is 4.79 Å². The van der Waals surface area contributed by atoms with Gasteiger partial charge in [0, 0.05) is 0 Å². The van der Waals surface area contributed by atoms with E-state index in [9.17, 15) is 14.7 Å². The number of carbonyl (C=O) groups is 2. The number of nitrogens with two attached hydrogens (primary N) is 1. The lowest BCUT2D eigenvalue weighted by atomic mass is 9.99. The molecule has 0 aliphatic carbocycles. The van der Waals surface area contributed by atoms with Crippen LogP contribution in [-0.2, 0) is 4.79 Å². The van der Waals surface area contributed by atoms with Crippen LogP contribution in [0.3, 0.4) is 0 Å². The highest BCUT2D eigenvalue weighted by molar-refractivity contribution is 5.96. The summed E-state index contributed by atoms with van der Waals surface area (Å²) in [6.07, 6.45) is -0.755. The summed E-state index contributed by atoms with van der Waals surface area (Å²) < 4.78 is 5.42. The Balaban J connectivity index is 2.38. The third-order valence-electron chi connectivity index (χ3n) is 3.02. The van der Waals surface area contributed by atoms with Gasteiger partial charge < -0.3 is 15.6 Å². The summed E-state index contributed by atoms with van der Waals surface area (Å²) >= 11 is 0. The molecule has 2 rings (SSSR count). The summed E-state index contributed by atoms with van der Waals surface area (Å²) in [7, 11) is 0. The van der Waals surface area contributed by atoms with Gasteiger partial charge in [-0.3, -0.25) is 4.79 Å². The number of benzene rings is 2. The van der Waals surface area contributed by atoms with Gasteiger partial charge in [-0.2, -0.15) is 0 Å². The van der Waals surface area contributed by atoms with Crippen molar-refractivity contribution in [2.45, 2.75) is 13.0 Å². The van der Waals surface area contributed by atoms with Gasteiger partial charge in [0.25, 0.3) is 5.91 Å². The average Bonchev–Trinajstić information content (AvgIpc) is 2.47. The fourth-order valence-electron chi connectivity index (χ4n) is 1.92. The number of aromatic carboxylic acids is 1. The second-order valence-electron chi connectivity index (χ2n) is 4.54. The van der Waals surface area contributed by atoms with Crippen molar-refractivity contribution in [3.05, 3.63) is 54.1 Å². The Morgan fingerprint density at radius 2 is 1.86 bits per heavy atom. The Bertz CT molecular complexity index is 681. The van der Waals surface area contributed by atoms with Crippen molar-refractivity contribution < 1.29 is 19.4 Å². The summed E-state index contributed by atoms with van der Waals surface area (Å²) in [5.41, 5.74) is 6.64. The predicted octanol–water partition coefficient (Wildman–Crippen LogP) is 2.30. The van der Waals surface area contributed by atoms with E-state index >= 15 is 0 Å². The predicted molar refractivity (Wildman–Crippen MR) is 78.1 cm³/mol. The summed E-state index contributed by atoms with van der Waals surface area (Å²) in [5.74, 6) is -1.10. The van der Waals surface area contributed by atoms with Crippen molar-refractivity contribution in [1.82, 2.24) is 0 Å². The van der Waals surface area contributed by atoms with E-state index in [1.165, 1.54) is 6.07 Å². The van der Waals surface area contributed by atoms with E-state index in [0.29, 0.717) is 16.9 Å². The van der Waals surface area contributed by atoms with Gasteiger partial charge in [0.05, 0.1) is 5.56 Å². The average molecular weight is 285 g/mol. The minimum atomic E-state index is -0.998. The SMILES string of the molecule is CC(Oc1cccc(-c2ccccc2C(=O)O)c1)C(N)=O. The van der Waals surface area contributed by atoms with E-state index in [1.54, 1.807) is 49.4 Å². The molecule has 5 heteroatoms. The molecule has 108 valence electrons. The first-order valence-corrected chi connectivity index (χ1v) is 6.38. The minimum absolute atomic E-state index is 0.206. The monoisotopic (exact) mass is 285 g/mol. The first kappa shape index (κ1) is 14.6. The smallest absolute Gasteiger partial charge is 0.336 e. The van der Waals surface area contributed by atoms with E-state index in [4.69, 9.17) is 10.5 Å². The van der Waals surface area contributed by atoms with Gasteiger partial charge in [-0.05, 0) is 36.2 Å². The number of hydrogen-bond acceptors (Lipinski definition) is 3. The Hall–Kier alpha value is -2.82. The van der Waals surface area contributed by atoms with Crippen LogP contribution in [0.1, 0.15) is 17.3 Å². The van der Waals surface area contributed by atoms with Crippen molar-refractivity contribution >= 4 is 11.9 Å². The Labute approximate surface area is 122 Å². The van der Waals surface area contributed by atoms with E-state index in [-0.39, 0.29) is 5.56 Å². The van der Waals surface area contributed by atoms with Crippen LogP contribution < -0.4 is 10.5 Å². The van der Waals surface area contributed by atoms with Crippen LogP contribution in [0.5, 0.6) is 5.75 Å². The molecule has 5 nitrogen and oxygen atoms in total. The molecule has 1 amide bonds. The van der Waals surface area contributed by atoms with Crippen LogP contribution in [0, 0.1) is 0 Å². The molecule has 21 heavy (non-hydrogen) atoms. The van der Waals surface area contributed by atoms with Crippen LogP contribution in [0.2, 0.25) is 0 Å². The molecule has 0 radical (unpaired) electrons. The zero-order valence-corrected chi connectivity index (χ0v) is 11.4. The molecule has 0 aliphatic rings. The number of primary amides is 1. The lowest BCUT2D eigenvalue weighted by molar-refractivity contribution is -0.123. The van der Waals surface area contributed by atoms with E-state index in [1.807, 2.05) is 0 Å². The normalized spacial score (nSPS) is 11.7. The molecule has 0 fully saturated rings. The standard InChI is InChI=1S/C16H15NO4/c1-10(15(17)18)21-12-6-4-5-11(9-12)13-7-2-3-8-14(13)16(19)20/h2-10H,1H3,(H2,17,18)(H,19,20). The van der Waals surface area contributed by atoms with E-state index in [0.717, 1.165) is 0 Å². The molecule has 0 spiro atoms. The first-order chi connectivity index (χ1) is 9.99. The molecule has 0 saturated carbocycles. The fraction of sp³-hybridized carbons (Fsp3) is 0.125. The number of carboxylic acids is 1. The topological polar surface area (TPSA) is 89.6 Å². The van der Waals surface area contributed by atoms with Gasteiger partial charge in [-0.15, -0.1) is 0 Å². The quantitative estimate of drug-likeness (QED) is 0.882. The number of amides is 1. The molecule has 2 aromatic rings. The molecule has 1 unspecified atom stereocenters. The summed E-state index contributed by atoms with van der Waals surface area (Å²) in [6, 6.07) is 13.6. The summed E-state index contributed by atoms with van der Waals surface area (Å²) in [5, 5.41) is 9.22. The first-order valence-electron chi connectivity index (χ1n) is 6.38. The van der Waals surface area contributed by atoms with Crippen LogP contribution >= 0.6 is 0 Å². The fourth-order valence-corrected chi connectivity index (χ4v) is 1.92. The van der Waals surface area contributed by atoms with Crippen molar-refractivity contribution in [1.29, 1.82) is 0 Å². The number of carboxylic acid groups (broad SMARTS) is 1. The molecule has 0 heterocycles. The summed E-state index contributed by atoms with van der Waals surface area (Å²) in [4.78, 5) is 22.3. The minimum Gasteiger partial charge on any atom is -0.481 e. The molecular weight excluding hydrogens is 270 g/mol. The van der Waals surface area contributed by atoms with Crippen LogP contribution in [0.4, 0.5) is 0 Å². The highest BCUT2D eigenvalue weighted by atomic mass is 16.5. The number of rotatable bonds is 5. The van der Waals surface area contributed by atoms with Crippen molar-refractivity contribution in [2.75, 3.05) is 0 Å². The van der Waals surface area contributed by atoms with E-state index < -0.39 is 18.0 Å². The highest BCUT2D eigenvalue weighted by Gasteiger charge is 2.13. The van der Waals surface area contributed by atoms with Crippen molar-refractivity contribution in [3.63, 3.8) is 0 Å². The largest absolute Gasteiger partial charge is 0.481 e. The Kier molecular flexibility index (Phi) is 4.23. The third kappa shape index (κ3) is 3.39. The molecule has 3 N–H and O–H groups in total. The van der Waals surface area contributed by atoms with Crippen molar-refractivity contribution in [3.8, 4) is 16.9 Å². The lowest BCUT2D eigenvalue weighted by Crippen LogP contribution is -2.30. The zero-order valence-electron chi connectivity index (χ0n) is 11.4. The molecule has 2 aromatic carbocycles. The van der Waals surface area contributed by atoms with Gasteiger partial charge in [0.1, 0.15) is 5.75 Å². The number of carbonyl (C=O) groups excluding carboxylic acids is 1. The van der Waals surface area contributed by atoms with Crippen LogP contribution in [0.25, 0.3) is 11.1 Å². The Morgan fingerprint density at radius 3 is 2.52 bits per heavy atom. The zero-order chi connectivity index (χ0) is 15.4. The van der Waals surface area contributed by atoms with Gasteiger partial charge in [0.15, 0.2) is 6.10 Å². The third-order valence-corrected chi connectivity index (χ3v) is 3.02. The molecular formula is C16H15NO4. The van der Waals surface area contributed by atoms with Crippen LogP contribution in [0.15, 0.2) is 48.5 Å². The number of ether oxygens (including phenoxy) is 1. The maximum atomic E-state index is 11.3. The van der Waals surface area contributed by atoms with Gasteiger partial charge in [-0.1, -0.05) is 30.3 Å². The maximum absolute atomic E-state index is 11.3. The highest BCUT2D eigenvalue weighted by Crippen LogP contribution is 2.27. The Morgan fingerprint density at radius 1 is 1.14 bits per heavy atom. The van der Waals surface area contributed by atoms with Crippen molar-refractivity contribution in [2.24, 2.45) is 5.73 Å². The summed E-state index contributed by atoms with van der Waals surface area (Å²) in [6.45, 7) is 1.56. The van der Waals surface area contributed by atoms with Gasteiger partial charge >= 0.3 is 5.97 Å². The molecule has 0 aliphatic heterocycles. The maximum Gasteiger partial charge on any atom is 0.336 e. The molecule has 1 atom stereocenters. The van der Waals surface area contributed by atoms with Gasteiger partial charge in [0.2, 0.25) is 0 Å². The number of hydrogen-bond donors (Lipinski definition) is 2. The molecule has 0 saturated heterocycles. The molecule has 0 bridgehead atoms. The van der Waals surface area contributed by atoms with Crippen LogP contribution in [-0.4, -0.2) is 23.1 Å². The second-order valence-corrected chi connectivity index (χ2v) is 4.54. The second kappa shape index (κ2) is 6.09. The molecule has 0 aromatic heterocycles.